The van der Waals surface area contributed by atoms with Gasteiger partial charge in [-0.05, 0) is 29.0 Å². The molecule has 0 bridgehead atoms. The van der Waals surface area contributed by atoms with Gasteiger partial charge in [0, 0.05) is 16.9 Å². The van der Waals surface area contributed by atoms with Crippen LogP contribution in [0.2, 0.25) is 0 Å². The number of benzene rings is 3. The van der Waals surface area contributed by atoms with Gasteiger partial charge in [-0.3, -0.25) is 6.08 Å². The van der Waals surface area contributed by atoms with Crippen LogP contribution in [0.15, 0.2) is 48.5 Å². The van der Waals surface area contributed by atoms with E-state index in [0.717, 1.165) is 25.7 Å². The average Bonchev–Trinajstić information content (AvgIpc) is 3.04. The topological polar surface area (TPSA) is 40.9 Å². The van der Waals surface area contributed by atoms with Gasteiger partial charge in [0.1, 0.15) is 0 Å². The largest absolute Gasteiger partial charge is 2.00 e. The van der Waals surface area contributed by atoms with Crippen LogP contribution in [0.25, 0.3) is 32.9 Å². The van der Waals surface area contributed by atoms with Gasteiger partial charge in [-0.25, -0.2) is 5.57 Å². The van der Waals surface area contributed by atoms with E-state index in [-0.39, 0.29) is 84.2 Å². The van der Waals surface area contributed by atoms with Crippen LogP contribution in [0.4, 0.5) is 0 Å². The number of rotatable bonds is 1. The molecule has 1 N–H and O–H groups in total. The molecule has 2 nitrogen and oxygen atoms in total. The Morgan fingerprint density at radius 2 is 1.29 bits per heavy atom. The second-order valence-corrected chi connectivity index (χ2v) is 8.07. The summed E-state index contributed by atoms with van der Waals surface area (Å²) in [5.41, 5.74) is 11.0. The normalized spacial score (nSPS) is 15.7. The third-order valence-electron chi connectivity index (χ3n) is 6.19. The molecule has 4 radical (unpaired) electrons. The van der Waals surface area contributed by atoms with Gasteiger partial charge in [-0.2, -0.15) is 5.56 Å². The first kappa shape index (κ1) is 37.4. The number of carbonyl (C=O) groups is 1. The van der Waals surface area contributed by atoms with E-state index < -0.39 is 0 Å². The predicted molar refractivity (Wildman–Crippen MR) is 137 cm³/mol. The fraction of sp³-hybridized carbons (Fsp3) is 0.321. The molecule has 3 aromatic rings. The summed E-state index contributed by atoms with van der Waals surface area (Å²) in [6.45, 7) is 4.43. The van der Waals surface area contributed by atoms with Gasteiger partial charge in [0.25, 0.3) is 0 Å². The van der Waals surface area contributed by atoms with Gasteiger partial charge in [0.15, 0.2) is 0 Å². The molecule has 34 heavy (non-hydrogen) atoms. The summed E-state index contributed by atoms with van der Waals surface area (Å²) in [4.78, 5) is 10.5. The molecule has 3 aromatic carbocycles. The number of carbonyl (C=O) groups excluding carboxylic acids is 1. The Kier molecular flexibility index (Phi) is 18.2. The number of hydrogen-bond donors (Lipinski definition) is 0. The molecular formula is C28H33Cl2NOSiTi-4. The van der Waals surface area contributed by atoms with Gasteiger partial charge in [-0.15, -0.1) is 5.56 Å². The van der Waals surface area contributed by atoms with Gasteiger partial charge in [0.05, 0.1) is 5.91 Å². The second-order valence-electron chi connectivity index (χ2n) is 8.07. The summed E-state index contributed by atoms with van der Waals surface area (Å²) in [6, 6.07) is 17.5. The molecule has 1 saturated carbocycles. The Hall–Kier alpha value is -1.10. The number of halogens is 2. The van der Waals surface area contributed by atoms with Crippen molar-refractivity contribution in [2.45, 2.75) is 51.9 Å². The number of allylic oxidation sites excluding steroid dienone is 2. The molecule has 0 saturated heterocycles. The van der Waals surface area contributed by atoms with Crippen molar-refractivity contribution in [3.05, 3.63) is 86.3 Å². The monoisotopic (exact) mass is 545 g/mol. The molecule has 0 aliphatic heterocycles. The maximum Gasteiger partial charge on any atom is 2.00 e. The second kappa shape index (κ2) is 16.6. The fourth-order valence-electron chi connectivity index (χ4n) is 4.86. The maximum atomic E-state index is 10.5. The summed E-state index contributed by atoms with van der Waals surface area (Å²) in [6.07, 6.45) is 9.05. The van der Waals surface area contributed by atoms with Crippen LogP contribution in [0.5, 0.6) is 0 Å². The smallest absolute Gasteiger partial charge is 1.00 e. The molecule has 0 spiro atoms. The van der Waals surface area contributed by atoms with Crippen molar-refractivity contribution >= 4 is 44.0 Å². The predicted octanol–water partition coefficient (Wildman–Crippen LogP) is 1.99. The minimum absolute atomic E-state index is 0. The summed E-state index contributed by atoms with van der Waals surface area (Å²) in [7, 11) is 0. The summed E-state index contributed by atoms with van der Waals surface area (Å²) in [5, 5.41) is 5.46. The fourth-order valence-corrected chi connectivity index (χ4v) is 4.86. The number of amides is 1. The number of nitrogens with one attached hydrogen (secondary N) is 1. The molecule has 2 aliphatic rings. The first-order valence-corrected chi connectivity index (χ1v) is 10.4. The Morgan fingerprint density at radius 3 is 1.76 bits per heavy atom. The first-order valence-electron chi connectivity index (χ1n) is 10.4. The number of fused-ring (bicyclic) bond motifs is 6. The van der Waals surface area contributed by atoms with Crippen LogP contribution in [0, 0.1) is 26.8 Å². The van der Waals surface area contributed by atoms with Crippen molar-refractivity contribution in [2.24, 2.45) is 5.92 Å². The Morgan fingerprint density at radius 1 is 0.853 bits per heavy atom. The third-order valence-corrected chi connectivity index (χ3v) is 6.19. The van der Waals surface area contributed by atoms with E-state index >= 15 is 0 Å². The number of hydrogen-bond acceptors (Lipinski definition) is 1. The van der Waals surface area contributed by atoms with E-state index in [1.165, 1.54) is 44.7 Å². The van der Waals surface area contributed by atoms with Gasteiger partial charge in [0.2, 0.25) is 0 Å². The van der Waals surface area contributed by atoms with Crippen LogP contribution < -0.4 is 24.8 Å². The van der Waals surface area contributed by atoms with Crippen LogP contribution in [-0.4, -0.2) is 16.9 Å². The molecule has 182 valence electrons. The maximum absolute atomic E-state index is 10.5. The van der Waals surface area contributed by atoms with E-state index in [1.807, 2.05) is 0 Å². The minimum Gasteiger partial charge on any atom is -1.00 e. The van der Waals surface area contributed by atoms with Gasteiger partial charge < -0.3 is 50.2 Å². The van der Waals surface area contributed by atoms with Crippen molar-refractivity contribution < 1.29 is 51.3 Å². The zero-order valence-corrected chi connectivity index (χ0v) is 24.5. The van der Waals surface area contributed by atoms with E-state index in [2.05, 4.69) is 68.5 Å². The Labute approximate surface area is 238 Å². The molecule has 0 aromatic heterocycles. The molecule has 1 atom stereocenters. The summed E-state index contributed by atoms with van der Waals surface area (Å²) >= 11 is 0. The van der Waals surface area contributed by atoms with Gasteiger partial charge in [-0.1, -0.05) is 92.9 Å². The minimum atomic E-state index is -0.352. The Balaban J connectivity index is -0.000000566. The molecule has 6 heteroatoms. The van der Waals surface area contributed by atoms with Crippen LogP contribution in [0.1, 0.15) is 63.0 Å². The quantitative estimate of drug-likeness (QED) is 0.262. The van der Waals surface area contributed by atoms with Crippen LogP contribution in [-0.2, 0) is 26.5 Å². The molecule has 1 unspecified atom stereocenters. The van der Waals surface area contributed by atoms with Crippen molar-refractivity contribution in [3.8, 4) is 0 Å². The average molecular weight is 546 g/mol. The molecule has 1 fully saturated rings. The van der Waals surface area contributed by atoms with E-state index in [4.69, 9.17) is 5.73 Å². The first-order chi connectivity index (χ1) is 13.6. The molecule has 0 heterocycles. The van der Waals surface area contributed by atoms with Gasteiger partial charge >= 0.3 is 21.7 Å². The zero-order chi connectivity index (χ0) is 19.7. The summed E-state index contributed by atoms with van der Waals surface area (Å²) in [5.74, 6) is 0.123. The molecule has 5 rings (SSSR count). The van der Waals surface area contributed by atoms with Crippen molar-refractivity contribution in [2.75, 3.05) is 0 Å². The summed E-state index contributed by atoms with van der Waals surface area (Å²) < 4.78 is 0. The SMILES string of the molecule is CC1=[C-]C(C)c2c1c1ccccc1c1ccccc21.[CH3-].[CH3-].[Cl-].[Cl-].[NH-]C(=O)C1CCCCC1.[Si].[Ti+2]. The van der Waals surface area contributed by atoms with Crippen molar-refractivity contribution in [1.82, 2.24) is 0 Å². The molecule has 1 amide bonds. The molecule has 2 aliphatic carbocycles. The van der Waals surface area contributed by atoms with Crippen LogP contribution in [0.3, 0.4) is 0 Å². The van der Waals surface area contributed by atoms with E-state index in [9.17, 15) is 4.79 Å². The van der Waals surface area contributed by atoms with Crippen molar-refractivity contribution in [3.63, 3.8) is 0 Å². The molecular weight excluding hydrogens is 513 g/mol. The standard InChI is InChI=1S/C19H15.C7H13NO.2CH3.2ClH.Si.Ti/c1-12-11-13(2)19-17-10-6-4-8-15(17)14-7-3-5-9-16(14)18(12)19;8-7(9)6-4-2-1-3-5-6;;;;;;/h3-10,12H,1-2H3;6H,1-5H2,(H2,8,9);2*1H3;2*1H;;/q-1;;2*-1;;;;+2/p-3. The van der Waals surface area contributed by atoms with E-state index in [1.54, 1.807) is 0 Å². The van der Waals surface area contributed by atoms with E-state index in [0.29, 0.717) is 5.92 Å². The van der Waals surface area contributed by atoms with Crippen LogP contribution >= 0.6 is 0 Å². The Bertz CT molecular complexity index is 1080. The zero-order valence-electron chi connectivity index (χ0n) is 20.5. The van der Waals surface area contributed by atoms with Crippen molar-refractivity contribution in [1.29, 1.82) is 0 Å². The third kappa shape index (κ3) is 7.45.